The van der Waals surface area contributed by atoms with Gasteiger partial charge in [-0.25, -0.2) is 8.78 Å². The lowest BCUT2D eigenvalue weighted by Gasteiger charge is -2.31. The van der Waals surface area contributed by atoms with Gasteiger partial charge in [-0.15, -0.1) is 0 Å². The fourth-order valence-corrected chi connectivity index (χ4v) is 4.63. The van der Waals surface area contributed by atoms with Crippen LogP contribution in [0.4, 0.5) is 8.78 Å². The molecule has 0 spiro atoms. The van der Waals surface area contributed by atoms with E-state index in [9.17, 15) is 13.6 Å². The number of halogens is 2. The maximum atomic E-state index is 13.6. The number of carbonyl (C=O) groups is 1. The summed E-state index contributed by atoms with van der Waals surface area (Å²) in [5, 5.41) is 6.45. The van der Waals surface area contributed by atoms with Gasteiger partial charge in [0.05, 0.1) is 0 Å². The highest BCUT2D eigenvalue weighted by atomic mass is 19.1. The van der Waals surface area contributed by atoms with Crippen LogP contribution in [0, 0.1) is 17.6 Å². The number of nitrogens with two attached hydrogens (primary N) is 1. The van der Waals surface area contributed by atoms with Crippen molar-refractivity contribution in [3.05, 3.63) is 70.3 Å². The van der Waals surface area contributed by atoms with Crippen LogP contribution in [0.3, 0.4) is 0 Å². The minimum Gasteiger partial charge on any atom is -0.352 e. The minimum atomic E-state index is -0.635. The molecule has 174 valence electrons. The van der Waals surface area contributed by atoms with Gasteiger partial charge in [0.1, 0.15) is 11.6 Å². The number of fused-ring (bicyclic) bond motifs is 1. The fraction of sp³-hybridized carbons (Fsp3) is 0.500. The second-order valence-electron chi connectivity index (χ2n) is 9.44. The fourth-order valence-electron chi connectivity index (χ4n) is 4.63. The van der Waals surface area contributed by atoms with Crippen LogP contribution in [-0.2, 0) is 24.1 Å². The summed E-state index contributed by atoms with van der Waals surface area (Å²) in [6.07, 6.45) is 4.54. The van der Waals surface area contributed by atoms with Gasteiger partial charge < -0.3 is 16.4 Å². The maximum absolute atomic E-state index is 13.6. The van der Waals surface area contributed by atoms with E-state index < -0.39 is 23.7 Å². The van der Waals surface area contributed by atoms with Crippen molar-refractivity contribution < 1.29 is 13.6 Å². The molecule has 0 aromatic heterocycles. The van der Waals surface area contributed by atoms with Gasteiger partial charge in [-0.3, -0.25) is 4.79 Å². The number of hydrogen-bond donors (Lipinski definition) is 3. The van der Waals surface area contributed by atoms with Crippen LogP contribution >= 0.6 is 0 Å². The van der Waals surface area contributed by atoms with Crippen molar-refractivity contribution in [1.29, 1.82) is 0 Å². The molecule has 0 unspecified atom stereocenters. The second kappa shape index (κ2) is 11.0. The first kappa shape index (κ1) is 24.3. The third-order valence-electron chi connectivity index (χ3n) is 6.05. The van der Waals surface area contributed by atoms with Crippen molar-refractivity contribution in [1.82, 2.24) is 10.6 Å². The molecule has 3 atom stereocenters. The standard InChI is InChI=1S/C26H35F2N3O/c1-16(2)9-18-7-8-20-5-4-6-25(23(20)12-18)30-15-24(29)26(31-17(3)32)13-19-10-21(27)14-22(28)11-19/h7-8,10-12,14,16,24-26,30H,4-6,9,13,15,29H2,1-3H3,(H,31,32)/t24-,25-,26+/m1/s1. The number of nitrogens with one attached hydrogen (secondary N) is 2. The van der Waals surface area contributed by atoms with Crippen LogP contribution in [0.1, 0.15) is 61.9 Å². The van der Waals surface area contributed by atoms with Gasteiger partial charge in [-0.05, 0) is 72.4 Å². The topological polar surface area (TPSA) is 67.2 Å². The normalized spacial score (nSPS) is 17.7. The van der Waals surface area contributed by atoms with E-state index in [0.29, 0.717) is 18.0 Å². The molecular weight excluding hydrogens is 408 g/mol. The first-order chi connectivity index (χ1) is 15.2. The molecule has 6 heteroatoms. The van der Waals surface area contributed by atoms with Crippen LogP contribution in [0.15, 0.2) is 36.4 Å². The number of aryl methyl sites for hydroxylation is 1. The van der Waals surface area contributed by atoms with Crippen molar-refractivity contribution >= 4 is 5.91 Å². The lowest BCUT2D eigenvalue weighted by Crippen LogP contribution is -2.53. The Morgan fingerprint density at radius 3 is 2.47 bits per heavy atom. The quantitative estimate of drug-likeness (QED) is 0.544. The molecule has 1 aliphatic rings. The van der Waals surface area contributed by atoms with E-state index in [1.165, 1.54) is 35.7 Å². The lowest BCUT2D eigenvalue weighted by molar-refractivity contribution is -0.119. The molecule has 2 aromatic rings. The van der Waals surface area contributed by atoms with E-state index in [1.807, 2.05) is 0 Å². The van der Waals surface area contributed by atoms with E-state index in [4.69, 9.17) is 5.73 Å². The van der Waals surface area contributed by atoms with Gasteiger partial charge in [-0.2, -0.15) is 0 Å². The Hall–Kier alpha value is -2.31. The first-order valence-electron chi connectivity index (χ1n) is 11.5. The average molecular weight is 444 g/mol. The zero-order valence-corrected chi connectivity index (χ0v) is 19.3. The number of amides is 1. The van der Waals surface area contributed by atoms with Crippen LogP contribution in [-0.4, -0.2) is 24.5 Å². The monoisotopic (exact) mass is 443 g/mol. The van der Waals surface area contributed by atoms with Gasteiger partial charge >= 0.3 is 0 Å². The molecule has 2 aromatic carbocycles. The van der Waals surface area contributed by atoms with Crippen molar-refractivity contribution in [3.8, 4) is 0 Å². The van der Waals surface area contributed by atoms with Crippen molar-refractivity contribution in [3.63, 3.8) is 0 Å². The summed E-state index contributed by atoms with van der Waals surface area (Å²) in [5.74, 6) is -0.889. The summed E-state index contributed by atoms with van der Waals surface area (Å²) in [4.78, 5) is 11.7. The molecule has 1 aliphatic carbocycles. The highest BCUT2D eigenvalue weighted by Gasteiger charge is 2.24. The van der Waals surface area contributed by atoms with Gasteiger partial charge in [0.2, 0.25) is 5.91 Å². The third kappa shape index (κ3) is 6.84. The van der Waals surface area contributed by atoms with Crippen LogP contribution in [0.25, 0.3) is 0 Å². The third-order valence-corrected chi connectivity index (χ3v) is 6.05. The van der Waals surface area contributed by atoms with E-state index in [2.05, 4.69) is 42.7 Å². The highest BCUT2D eigenvalue weighted by molar-refractivity contribution is 5.73. The highest BCUT2D eigenvalue weighted by Crippen LogP contribution is 2.31. The number of benzene rings is 2. The molecular formula is C26H35F2N3O. The number of rotatable bonds is 9. The first-order valence-corrected chi connectivity index (χ1v) is 11.5. The molecule has 0 saturated carbocycles. The summed E-state index contributed by atoms with van der Waals surface area (Å²) in [6, 6.07) is 9.58. The van der Waals surface area contributed by atoms with Crippen molar-refractivity contribution in [2.75, 3.05) is 6.54 Å². The molecule has 32 heavy (non-hydrogen) atoms. The summed E-state index contributed by atoms with van der Waals surface area (Å²) in [6.45, 7) is 6.36. The van der Waals surface area contributed by atoms with E-state index in [1.54, 1.807) is 0 Å². The molecule has 0 heterocycles. The summed E-state index contributed by atoms with van der Waals surface area (Å²) >= 11 is 0. The van der Waals surface area contributed by atoms with Gasteiger partial charge in [0.25, 0.3) is 0 Å². The van der Waals surface area contributed by atoms with Crippen molar-refractivity contribution in [2.45, 2.75) is 71.0 Å². The lowest BCUT2D eigenvalue weighted by atomic mass is 9.85. The molecule has 4 nitrogen and oxygen atoms in total. The average Bonchev–Trinajstić information content (AvgIpc) is 2.70. The SMILES string of the molecule is CC(=O)N[C@@H](Cc1cc(F)cc(F)c1)[C@H](N)CN[C@@H]1CCCc2ccc(CC(C)C)cc21. The van der Waals surface area contributed by atoms with Crippen LogP contribution < -0.4 is 16.4 Å². The second-order valence-corrected chi connectivity index (χ2v) is 9.44. The minimum absolute atomic E-state index is 0.210. The Bertz CT molecular complexity index is 911. The Labute approximate surface area is 190 Å². The van der Waals surface area contributed by atoms with Crippen LogP contribution in [0.2, 0.25) is 0 Å². The zero-order valence-electron chi connectivity index (χ0n) is 19.3. The molecule has 0 saturated heterocycles. The Kier molecular flexibility index (Phi) is 8.38. The number of hydrogen-bond acceptors (Lipinski definition) is 3. The smallest absolute Gasteiger partial charge is 0.217 e. The molecule has 1 amide bonds. The molecule has 3 rings (SSSR count). The molecule has 0 radical (unpaired) electrons. The van der Waals surface area contributed by atoms with Gasteiger partial charge in [-0.1, -0.05) is 32.0 Å². The van der Waals surface area contributed by atoms with Gasteiger partial charge in [0.15, 0.2) is 0 Å². The Balaban J connectivity index is 1.69. The maximum Gasteiger partial charge on any atom is 0.217 e. The summed E-state index contributed by atoms with van der Waals surface area (Å²) < 4.78 is 27.2. The Morgan fingerprint density at radius 1 is 1.09 bits per heavy atom. The molecule has 4 N–H and O–H groups in total. The number of carbonyl (C=O) groups excluding carboxylic acids is 1. The molecule has 0 aliphatic heterocycles. The summed E-state index contributed by atoms with van der Waals surface area (Å²) in [5.41, 5.74) is 11.0. The zero-order chi connectivity index (χ0) is 23.3. The predicted octanol–water partition coefficient (Wildman–Crippen LogP) is 4.21. The van der Waals surface area contributed by atoms with E-state index in [-0.39, 0.29) is 18.4 Å². The van der Waals surface area contributed by atoms with E-state index >= 15 is 0 Å². The van der Waals surface area contributed by atoms with Gasteiger partial charge in [0, 0.05) is 37.7 Å². The predicted molar refractivity (Wildman–Crippen MR) is 124 cm³/mol. The van der Waals surface area contributed by atoms with E-state index in [0.717, 1.165) is 31.7 Å². The largest absolute Gasteiger partial charge is 0.352 e. The van der Waals surface area contributed by atoms with Crippen LogP contribution in [0.5, 0.6) is 0 Å². The molecule has 0 fully saturated rings. The Morgan fingerprint density at radius 2 is 1.81 bits per heavy atom. The molecule has 0 bridgehead atoms. The van der Waals surface area contributed by atoms with Crippen molar-refractivity contribution in [2.24, 2.45) is 11.7 Å². The summed E-state index contributed by atoms with van der Waals surface area (Å²) in [7, 11) is 0.